The highest BCUT2D eigenvalue weighted by Gasteiger charge is 2.33. The zero-order chi connectivity index (χ0) is 33.9. The van der Waals surface area contributed by atoms with Gasteiger partial charge in [-0.3, -0.25) is 14.4 Å². The molecule has 4 rings (SSSR count). The first-order valence-electron chi connectivity index (χ1n) is 15.6. The second-order valence-electron chi connectivity index (χ2n) is 11.8. The van der Waals surface area contributed by atoms with Crippen molar-refractivity contribution in [1.82, 2.24) is 16.0 Å². The standard InChI is InChI=1S/C36H42BN3O7/c1-23(2)34(36(43)39-32(37(44)45)21-25-12-17-30(47-4)18-13-25)40-35(42)31(20-24-10-15-29(46-3)16-11-24)38-33(41)22-26-9-14-27-7-5-6-8-28(27)19-26/h5-19,23,31-32,34,44-45H,20-22H2,1-4H3,(H,38,41)(H,39,43)(H,40,42)/t31-,32-,34-/m0/s1. The molecule has 0 fully saturated rings. The van der Waals surface area contributed by atoms with Crippen LogP contribution in [0.5, 0.6) is 11.5 Å². The maximum absolute atomic E-state index is 13.8. The lowest BCUT2D eigenvalue weighted by molar-refractivity contribution is -0.132. The van der Waals surface area contributed by atoms with Crippen LogP contribution in [-0.2, 0) is 33.6 Å². The highest BCUT2D eigenvalue weighted by atomic mass is 16.5. The molecule has 0 aromatic heterocycles. The smallest absolute Gasteiger partial charge is 0.475 e. The van der Waals surface area contributed by atoms with Crippen LogP contribution in [-0.4, -0.2) is 67.1 Å². The van der Waals surface area contributed by atoms with Gasteiger partial charge in [0.2, 0.25) is 17.7 Å². The molecule has 47 heavy (non-hydrogen) atoms. The third-order valence-corrected chi connectivity index (χ3v) is 7.98. The second kappa shape index (κ2) is 16.6. The van der Waals surface area contributed by atoms with Crippen molar-refractivity contribution in [2.75, 3.05) is 14.2 Å². The van der Waals surface area contributed by atoms with Gasteiger partial charge in [0.05, 0.1) is 26.6 Å². The maximum Gasteiger partial charge on any atom is 0.475 e. The molecule has 0 saturated carbocycles. The highest BCUT2D eigenvalue weighted by Crippen LogP contribution is 2.18. The van der Waals surface area contributed by atoms with Crippen LogP contribution in [0.4, 0.5) is 0 Å². The molecule has 4 aromatic rings. The van der Waals surface area contributed by atoms with Gasteiger partial charge in [0, 0.05) is 6.42 Å². The number of carbonyl (C=O) groups is 3. The van der Waals surface area contributed by atoms with Gasteiger partial charge < -0.3 is 35.5 Å². The Hall–Kier alpha value is -4.87. The normalized spacial score (nSPS) is 12.9. The van der Waals surface area contributed by atoms with Gasteiger partial charge in [0.1, 0.15) is 23.6 Å². The number of hydrogen-bond donors (Lipinski definition) is 5. The molecule has 4 aromatic carbocycles. The molecule has 0 aliphatic rings. The fraction of sp³-hybridized carbons (Fsp3) is 0.306. The molecule has 3 atom stereocenters. The summed E-state index contributed by atoms with van der Waals surface area (Å²) >= 11 is 0. The SMILES string of the molecule is COc1ccc(C[C@H](NC(=O)[C@@H](NC(=O)[C@H](Cc2ccc(OC)cc2)NC(=O)Cc2ccc3ccccc3c2)C(C)C)B(O)O)cc1. The van der Waals surface area contributed by atoms with Gasteiger partial charge in [-0.2, -0.15) is 0 Å². The van der Waals surface area contributed by atoms with Gasteiger partial charge in [-0.25, -0.2) is 0 Å². The van der Waals surface area contributed by atoms with Crippen LogP contribution >= 0.6 is 0 Å². The first kappa shape index (κ1) is 35.0. The molecule has 3 amide bonds. The van der Waals surface area contributed by atoms with E-state index in [1.165, 1.54) is 0 Å². The predicted molar refractivity (Wildman–Crippen MR) is 182 cm³/mol. The summed E-state index contributed by atoms with van der Waals surface area (Å²) in [7, 11) is 1.27. The zero-order valence-electron chi connectivity index (χ0n) is 27.1. The number of fused-ring (bicyclic) bond motifs is 1. The summed E-state index contributed by atoms with van der Waals surface area (Å²) in [5.74, 6) is -1.56. The number of benzene rings is 4. The Balaban J connectivity index is 1.49. The van der Waals surface area contributed by atoms with Crippen LogP contribution in [0.25, 0.3) is 10.8 Å². The Kier molecular flexibility index (Phi) is 12.4. The molecule has 0 heterocycles. The van der Waals surface area contributed by atoms with Crippen LogP contribution in [0.1, 0.15) is 30.5 Å². The van der Waals surface area contributed by atoms with E-state index < -0.39 is 37.0 Å². The van der Waals surface area contributed by atoms with Crippen molar-refractivity contribution in [3.63, 3.8) is 0 Å². The molecule has 0 spiro atoms. The minimum absolute atomic E-state index is 0.0623. The molecule has 0 unspecified atom stereocenters. The number of carbonyl (C=O) groups excluding carboxylic acids is 3. The maximum atomic E-state index is 13.8. The molecule has 246 valence electrons. The molecule has 0 radical (unpaired) electrons. The van der Waals surface area contributed by atoms with Crippen molar-refractivity contribution in [3.8, 4) is 11.5 Å². The summed E-state index contributed by atoms with van der Waals surface area (Å²) in [5, 5.41) is 30.6. The Labute approximate surface area is 275 Å². The molecule has 0 aliphatic heterocycles. The quantitative estimate of drug-likeness (QED) is 0.126. The Morgan fingerprint density at radius 2 is 1.23 bits per heavy atom. The summed E-state index contributed by atoms with van der Waals surface area (Å²) in [4.78, 5) is 40.5. The van der Waals surface area contributed by atoms with Gasteiger partial charge in [-0.05, 0) is 64.1 Å². The van der Waals surface area contributed by atoms with E-state index in [1.807, 2.05) is 54.6 Å². The van der Waals surface area contributed by atoms with Crippen molar-refractivity contribution >= 4 is 35.6 Å². The summed E-state index contributed by atoms with van der Waals surface area (Å²) in [5.41, 5.74) is 2.34. The molecular formula is C36H42BN3O7. The minimum atomic E-state index is -1.85. The van der Waals surface area contributed by atoms with Crippen molar-refractivity contribution < 1.29 is 33.9 Å². The Morgan fingerprint density at radius 3 is 1.79 bits per heavy atom. The number of hydrogen-bond acceptors (Lipinski definition) is 7. The summed E-state index contributed by atoms with van der Waals surface area (Å²) in [6.07, 6.45) is 0.366. The molecule has 0 bridgehead atoms. The lowest BCUT2D eigenvalue weighted by Crippen LogP contribution is -2.59. The molecule has 11 heteroatoms. The lowest BCUT2D eigenvalue weighted by Gasteiger charge is -2.27. The molecule has 10 nitrogen and oxygen atoms in total. The molecule has 5 N–H and O–H groups in total. The molecule has 0 aliphatic carbocycles. The predicted octanol–water partition coefficient (Wildman–Crippen LogP) is 3.01. The van der Waals surface area contributed by atoms with Gasteiger partial charge in [-0.1, -0.05) is 80.6 Å². The van der Waals surface area contributed by atoms with Crippen molar-refractivity contribution in [2.45, 2.75) is 51.1 Å². The van der Waals surface area contributed by atoms with Gasteiger partial charge >= 0.3 is 7.12 Å². The van der Waals surface area contributed by atoms with E-state index in [1.54, 1.807) is 64.5 Å². The van der Waals surface area contributed by atoms with Crippen LogP contribution in [0.15, 0.2) is 91.0 Å². The van der Waals surface area contributed by atoms with Crippen molar-refractivity contribution in [2.24, 2.45) is 5.92 Å². The van der Waals surface area contributed by atoms with Crippen LogP contribution in [0, 0.1) is 5.92 Å². The third-order valence-electron chi connectivity index (χ3n) is 7.98. The zero-order valence-corrected chi connectivity index (χ0v) is 27.1. The number of nitrogens with one attached hydrogen (secondary N) is 3. The first-order chi connectivity index (χ1) is 22.6. The number of methoxy groups -OCH3 is 2. The molecule has 0 saturated heterocycles. The van der Waals surface area contributed by atoms with Crippen LogP contribution in [0.2, 0.25) is 0 Å². The van der Waals surface area contributed by atoms with E-state index in [2.05, 4.69) is 16.0 Å². The van der Waals surface area contributed by atoms with E-state index in [0.717, 1.165) is 27.5 Å². The topological polar surface area (TPSA) is 146 Å². The van der Waals surface area contributed by atoms with Gasteiger partial charge in [-0.15, -0.1) is 0 Å². The van der Waals surface area contributed by atoms with E-state index >= 15 is 0 Å². The summed E-state index contributed by atoms with van der Waals surface area (Å²) in [6.45, 7) is 3.55. The van der Waals surface area contributed by atoms with E-state index in [9.17, 15) is 24.4 Å². The van der Waals surface area contributed by atoms with E-state index in [0.29, 0.717) is 11.5 Å². The van der Waals surface area contributed by atoms with Gasteiger partial charge in [0.25, 0.3) is 0 Å². The third kappa shape index (κ3) is 10.1. The minimum Gasteiger partial charge on any atom is -0.497 e. The first-order valence-corrected chi connectivity index (χ1v) is 15.6. The largest absolute Gasteiger partial charge is 0.497 e. The van der Waals surface area contributed by atoms with Gasteiger partial charge in [0.15, 0.2) is 0 Å². The van der Waals surface area contributed by atoms with E-state index in [4.69, 9.17) is 9.47 Å². The molecular weight excluding hydrogens is 597 g/mol. The van der Waals surface area contributed by atoms with Crippen LogP contribution < -0.4 is 25.4 Å². The fourth-order valence-corrected chi connectivity index (χ4v) is 5.29. The number of rotatable bonds is 15. The summed E-state index contributed by atoms with van der Waals surface area (Å²) in [6, 6.07) is 25.8. The number of ether oxygens (including phenoxy) is 2. The lowest BCUT2D eigenvalue weighted by atomic mass is 9.75. The number of amides is 3. The Bertz CT molecular complexity index is 1640. The average Bonchev–Trinajstić information content (AvgIpc) is 3.06. The van der Waals surface area contributed by atoms with Crippen LogP contribution in [0.3, 0.4) is 0 Å². The Morgan fingerprint density at radius 1 is 0.681 bits per heavy atom. The monoisotopic (exact) mass is 639 g/mol. The van der Waals surface area contributed by atoms with E-state index in [-0.39, 0.29) is 31.1 Å². The van der Waals surface area contributed by atoms with Crippen molar-refractivity contribution in [3.05, 3.63) is 108 Å². The summed E-state index contributed by atoms with van der Waals surface area (Å²) < 4.78 is 10.4. The highest BCUT2D eigenvalue weighted by molar-refractivity contribution is 6.43. The fourth-order valence-electron chi connectivity index (χ4n) is 5.29. The second-order valence-corrected chi connectivity index (χ2v) is 11.8. The average molecular weight is 640 g/mol. The van der Waals surface area contributed by atoms with Crippen molar-refractivity contribution in [1.29, 1.82) is 0 Å².